The van der Waals surface area contributed by atoms with Gasteiger partial charge >= 0.3 is 0 Å². The van der Waals surface area contributed by atoms with Crippen molar-refractivity contribution in [1.29, 1.82) is 0 Å². The van der Waals surface area contributed by atoms with E-state index in [1.54, 1.807) is 0 Å². The molecule has 1 atom stereocenters. The number of fused-ring (bicyclic) bond motifs is 1. The monoisotopic (exact) mass is 551 g/mol. The molecule has 0 amide bonds. The smallest absolute Gasteiger partial charge is 0.231 e. The summed E-state index contributed by atoms with van der Waals surface area (Å²) in [4.78, 5) is 4.47. The van der Waals surface area contributed by atoms with E-state index in [2.05, 4.69) is 65.0 Å². The van der Waals surface area contributed by atoms with Crippen molar-refractivity contribution in [2.75, 3.05) is 33.6 Å². The van der Waals surface area contributed by atoms with Crippen LogP contribution in [-0.2, 0) is 16.6 Å². The number of rotatable bonds is 7. The van der Waals surface area contributed by atoms with Gasteiger partial charge in [0.2, 0.25) is 6.79 Å². The van der Waals surface area contributed by atoms with E-state index in [0.717, 1.165) is 62.9 Å². The number of hydrogen-bond donors (Lipinski definition) is 2. The second-order valence-corrected chi connectivity index (χ2v) is 8.46. The number of nitrogens with one attached hydrogen (secondary N) is 2. The van der Waals surface area contributed by atoms with Crippen LogP contribution in [0.25, 0.3) is 0 Å². The lowest BCUT2D eigenvalue weighted by Gasteiger charge is -2.38. The SMILES string of the molecule is CN=C(NCC1(c2ccc3c(c2)OCO3)CCOCC1)NC(C)CCc1ccccc1.I. The van der Waals surface area contributed by atoms with E-state index >= 15 is 0 Å². The number of guanidine groups is 1. The molecule has 1 unspecified atom stereocenters. The molecule has 2 aromatic carbocycles. The number of benzene rings is 2. The number of ether oxygens (including phenoxy) is 3. The Kier molecular flexibility index (Phi) is 9.04. The largest absolute Gasteiger partial charge is 0.454 e. The van der Waals surface area contributed by atoms with Gasteiger partial charge in [-0.3, -0.25) is 4.99 Å². The van der Waals surface area contributed by atoms with Gasteiger partial charge in [-0.25, -0.2) is 0 Å². The maximum Gasteiger partial charge on any atom is 0.231 e. The fourth-order valence-electron chi connectivity index (χ4n) is 4.34. The molecule has 0 radical (unpaired) electrons. The predicted octanol–water partition coefficient (Wildman–Crippen LogP) is 4.27. The number of aryl methyl sites for hydroxylation is 1. The maximum absolute atomic E-state index is 5.68. The zero-order valence-corrected chi connectivity index (χ0v) is 21.3. The highest BCUT2D eigenvalue weighted by atomic mass is 127. The standard InChI is InChI=1S/C25H33N3O3.HI/c1-19(8-9-20-6-4-3-5-7-20)28-24(26-2)27-17-25(12-14-29-15-13-25)21-10-11-22-23(16-21)31-18-30-22;/h3-7,10-11,16,19H,8-9,12-15,17-18H2,1-2H3,(H2,26,27,28);1H. The van der Waals surface area contributed by atoms with Crippen molar-refractivity contribution in [3.63, 3.8) is 0 Å². The molecule has 2 aromatic rings. The van der Waals surface area contributed by atoms with Gasteiger partial charge in [-0.1, -0.05) is 36.4 Å². The van der Waals surface area contributed by atoms with Gasteiger partial charge in [-0.15, -0.1) is 24.0 Å². The van der Waals surface area contributed by atoms with Crippen molar-refractivity contribution in [3.8, 4) is 11.5 Å². The summed E-state index contributed by atoms with van der Waals surface area (Å²) in [5.74, 6) is 2.50. The molecule has 32 heavy (non-hydrogen) atoms. The van der Waals surface area contributed by atoms with Crippen molar-refractivity contribution in [2.24, 2.45) is 4.99 Å². The van der Waals surface area contributed by atoms with Crippen LogP contribution in [-0.4, -0.2) is 45.6 Å². The Morgan fingerprint density at radius 3 is 2.56 bits per heavy atom. The molecule has 0 spiro atoms. The van der Waals surface area contributed by atoms with Gasteiger partial charge in [0.1, 0.15) is 0 Å². The Hall–Kier alpha value is -2.00. The molecule has 0 aliphatic carbocycles. The summed E-state index contributed by atoms with van der Waals surface area (Å²) >= 11 is 0. The van der Waals surface area contributed by atoms with E-state index in [1.807, 2.05) is 13.1 Å². The Morgan fingerprint density at radius 1 is 1.06 bits per heavy atom. The third kappa shape index (κ3) is 6.07. The lowest BCUT2D eigenvalue weighted by molar-refractivity contribution is 0.0513. The average molecular weight is 551 g/mol. The molecule has 0 aromatic heterocycles. The third-order valence-electron chi connectivity index (χ3n) is 6.34. The molecule has 174 valence electrons. The average Bonchev–Trinajstić information content (AvgIpc) is 3.30. The Balaban J connectivity index is 0.00000289. The quantitative estimate of drug-likeness (QED) is 0.306. The van der Waals surface area contributed by atoms with Gasteiger partial charge in [0.05, 0.1) is 0 Å². The Morgan fingerprint density at radius 2 is 1.81 bits per heavy atom. The van der Waals surface area contributed by atoms with Gasteiger partial charge in [-0.05, 0) is 55.9 Å². The molecule has 0 bridgehead atoms. The highest BCUT2D eigenvalue weighted by Crippen LogP contribution is 2.40. The minimum Gasteiger partial charge on any atom is -0.454 e. The first-order chi connectivity index (χ1) is 15.2. The van der Waals surface area contributed by atoms with E-state index < -0.39 is 0 Å². The van der Waals surface area contributed by atoms with Crippen LogP contribution in [0.2, 0.25) is 0 Å². The highest BCUT2D eigenvalue weighted by molar-refractivity contribution is 14.0. The van der Waals surface area contributed by atoms with Crippen LogP contribution in [0.1, 0.15) is 37.3 Å². The van der Waals surface area contributed by atoms with Gasteiger partial charge < -0.3 is 24.8 Å². The van der Waals surface area contributed by atoms with E-state index in [9.17, 15) is 0 Å². The number of halogens is 1. The van der Waals surface area contributed by atoms with Crippen LogP contribution >= 0.6 is 24.0 Å². The zero-order chi connectivity index (χ0) is 21.5. The first-order valence-corrected chi connectivity index (χ1v) is 11.2. The molecule has 2 N–H and O–H groups in total. The fraction of sp³-hybridized carbons (Fsp3) is 0.480. The molecule has 6 nitrogen and oxygen atoms in total. The summed E-state index contributed by atoms with van der Waals surface area (Å²) in [5, 5.41) is 7.14. The number of aliphatic imine (C=N–C) groups is 1. The van der Waals surface area contributed by atoms with Crippen LogP contribution in [0, 0.1) is 0 Å². The summed E-state index contributed by atoms with van der Waals surface area (Å²) in [5.41, 5.74) is 2.60. The predicted molar refractivity (Wildman–Crippen MR) is 138 cm³/mol. The highest BCUT2D eigenvalue weighted by Gasteiger charge is 2.36. The van der Waals surface area contributed by atoms with Crippen molar-refractivity contribution in [3.05, 3.63) is 59.7 Å². The summed E-state index contributed by atoms with van der Waals surface area (Å²) in [7, 11) is 1.83. The summed E-state index contributed by atoms with van der Waals surface area (Å²) in [6, 6.07) is 17.3. The van der Waals surface area contributed by atoms with Gasteiger partial charge in [-0.2, -0.15) is 0 Å². The van der Waals surface area contributed by atoms with Crippen LogP contribution in [0.5, 0.6) is 11.5 Å². The van der Waals surface area contributed by atoms with Crippen molar-refractivity contribution >= 4 is 29.9 Å². The lowest BCUT2D eigenvalue weighted by atomic mass is 9.74. The van der Waals surface area contributed by atoms with Crippen molar-refractivity contribution < 1.29 is 14.2 Å². The summed E-state index contributed by atoms with van der Waals surface area (Å²) in [6.07, 6.45) is 4.01. The van der Waals surface area contributed by atoms with Crippen LogP contribution in [0.15, 0.2) is 53.5 Å². The van der Waals surface area contributed by atoms with Gasteiger partial charge in [0.25, 0.3) is 0 Å². The Labute approximate surface area is 208 Å². The molecular weight excluding hydrogens is 517 g/mol. The molecule has 7 heteroatoms. The van der Waals surface area contributed by atoms with Gasteiger partial charge in [0.15, 0.2) is 17.5 Å². The van der Waals surface area contributed by atoms with Crippen LogP contribution in [0.4, 0.5) is 0 Å². The van der Waals surface area contributed by atoms with E-state index in [0.29, 0.717) is 12.8 Å². The van der Waals surface area contributed by atoms with E-state index in [4.69, 9.17) is 14.2 Å². The minimum absolute atomic E-state index is 0. The molecule has 2 heterocycles. The number of nitrogens with zero attached hydrogens (tertiary/aromatic N) is 1. The molecule has 1 saturated heterocycles. The van der Waals surface area contributed by atoms with E-state index in [1.165, 1.54) is 11.1 Å². The zero-order valence-electron chi connectivity index (χ0n) is 18.9. The fourth-order valence-corrected chi connectivity index (χ4v) is 4.34. The minimum atomic E-state index is -0.0237. The summed E-state index contributed by atoms with van der Waals surface area (Å²) < 4.78 is 16.8. The second kappa shape index (κ2) is 11.7. The first-order valence-electron chi connectivity index (χ1n) is 11.2. The van der Waals surface area contributed by atoms with Gasteiger partial charge in [0, 0.05) is 38.3 Å². The first kappa shape index (κ1) is 24.6. The van der Waals surface area contributed by atoms with Crippen LogP contribution in [0.3, 0.4) is 0 Å². The van der Waals surface area contributed by atoms with Crippen LogP contribution < -0.4 is 20.1 Å². The molecular formula is C25H34IN3O3. The second-order valence-electron chi connectivity index (χ2n) is 8.46. The number of hydrogen-bond acceptors (Lipinski definition) is 4. The molecule has 1 fully saturated rings. The summed E-state index contributed by atoms with van der Waals surface area (Å²) in [6.45, 7) is 4.81. The topological polar surface area (TPSA) is 64.1 Å². The Bertz CT molecular complexity index is 885. The van der Waals surface area contributed by atoms with E-state index in [-0.39, 0.29) is 29.4 Å². The molecule has 2 aliphatic heterocycles. The van der Waals surface area contributed by atoms with Crippen molar-refractivity contribution in [1.82, 2.24) is 10.6 Å². The normalized spacial score (nSPS) is 17.9. The third-order valence-corrected chi connectivity index (χ3v) is 6.34. The molecule has 4 rings (SSSR count). The molecule has 0 saturated carbocycles. The van der Waals surface area contributed by atoms with Crippen molar-refractivity contribution in [2.45, 2.75) is 44.1 Å². The lowest BCUT2D eigenvalue weighted by Crippen LogP contribution is -2.49. The molecule has 2 aliphatic rings. The maximum atomic E-state index is 5.68.